The first-order valence-corrected chi connectivity index (χ1v) is 7.36. The topological polar surface area (TPSA) is 72.9 Å². The van der Waals surface area contributed by atoms with E-state index in [-0.39, 0.29) is 11.6 Å². The standard InChI is InChI=1S/C14H16F3N7/c1-9(8-23-6-5-18-10(23)2)7-19-11-3-4-12-20-21-13(14(15,16)17)24(12)22-11/h3-6,9H,7-8H2,1-2H3,(H,19,22)/t9-/m0/s1. The summed E-state index contributed by atoms with van der Waals surface area (Å²) in [5, 5.41) is 13.6. The molecule has 1 N–H and O–H groups in total. The van der Waals surface area contributed by atoms with Gasteiger partial charge >= 0.3 is 6.18 Å². The maximum Gasteiger partial charge on any atom is 0.453 e. The predicted octanol–water partition coefficient (Wildman–Crippen LogP) is 2.40. The number of halogens is 3. The first-order valence-electron chi connectivity index (χ1n) is 7.36. The number of nitrogens with one attached hydrogen (secondary N) is 1. The molecule has 0 saturated heterocycles. The van der Waals surface area contributed by atoms with Crippen LogP contribution in [0.5, 0.6) is 0 Å². The second-order valence-corrected chi connectivity index (χ2v) is 5.62. The SMILES string of the molecule is Cc1nccn1C[C@@H](C)CNc1ccc2nnc(C(F)(F)F)n2n1. The van der Waals surface area contributed by atoms with Crippen molar-refractivity contribution in [2.45, 2.75) is 26.6 Å². The van der Waals surface area contributed by atoms with Crippen molar-refractivity contribution in [3.8, 4) is 0 Å². The minimum atomic E-state index is -4.60. The summed E-state index contributed by atoms with van der Waals surface area (Å²) in [6.45, 7) is 5.26. The lowest BCUT2D eigenvalue weighted by Gasteiger charge is -2.15. The normalized spacial score (nSPS) is 13.4. The van der Waals surface area contributed by atoms with E-state index in [0.717, 1.165) is 12.4 Å². The Balaban J connectivity index is 1.70. The van der Waals surface area contributed by atoms with E-state index in [0.29, 0.717) is 16.9 Å². The molecule has 3 heterocycles. The molecule has 1 atom stereocenters. The molecular formula is C14H16F3N7. The number of aromatic nitrogens is 6. The van der Waals surface area contributed by atoms with E-state index in [1.54, 1.807) is 12.3 Å². The number of fused-ring (bicyclic) bond motifs is 1. The maximum absolute atomic E-state index is 12.9. The fourth-order valence-electron chi connectivity index (χ4n) is 2.34. The molecule has 0 aliphatic carbocycles. The molecule has 3 aromatic heterocycles. The molecule has 0 fully saturated rings. The van der Waals surface area contributed by atoms with Gasteiger partial charge in [-0.15, -0.1) is 15.3 Å². The monoisotopic (exact) mass is 339 g/mol. The molecule has 3 aromatic rings. The van der Waals surface area contributed by atoms with Crippen LogP contribution < -0.4 is 5.32 Å². The molecule has 0 amide bonds. The van der Waals surface area contributed by atoms with Crippen molar-refractivity contribution in [3.05, 3.63) is 36.2 Å². The van der Waals surface area contributed by atoms with E-state index < -0.39 is 12.0 Å². The van der Waals surface area contributed by atoms with E-state index in [9.17, 15) is 13.2 Å². The van der Waals surface area contributed by atoms with Crippen LogP contribution >= 0.6 is 0 Å². The van der Waals surface area contributed by atoms with Crippen molar-refractivity contribution in [1.29, 1.82) is 0 Å². The molecule has 24 heavy (non-hydrogen) atoms. The molecule has 0 spiro atoms. The number of aryl methyl sites for hydroxylation is 1. The maximum atomic E-state index is 12.9. The van der Waals surface area contributed by atoms with Gasteiger partial charge in [0.05, 0.1) is 0 Å². The van der Waals surface area contributed by atoms with Gasteiger partial charge in [-0.05, 0) is 25.0 Å². The van der Waals surface area contributed by atoms with Gasteiger partial charge in [-0.1, -0.05) is 6.92 Å². The highest BCUT2D eigenvalue weighted by Crippen LogP contribution is 2.27. The number of hydrogen-bond acceptors (Lipinski definition) is 5. The molecule has 0 aliphatic heterocycles. The third kappa shape index (κ3) is 3.31. The third-order valence-corrected chi connectivity index (χ3v) is 3.58. The summed E-state index contributed by atoms with van der Waals surface area (Å²) in [6.07, 6.45) is -0.976. The molecule has 0 aromatic carbocycles. The Morgan fingerprint density at radius 2 is 2.04 bits per heavy atom. The molecule has 0 radical (unpaired) electrons. The fourth-order valence-corrected chi connectivity index (χ4v) is 2.34. The van der Waals surface area contributed by atoms with E-state index in [1.807, 2.05) is 24.6 Å². The van der Waals surface area contributed by atoms with Gasteiger partial charge in [0.25, 0.3) is 5.82 Å². The lowest BCUT2D eigenvalue weighted by atomic mass is 10.2. The van der Waals surface area contributed by atoms with Gasteiger partial charge in [0.2, 0.25) is 0 Å². The van der Waals surface area contributed by atoms with Gasteiger partial charge in [0, 0.05) is 25.5 Å². The lowest BCUT2D eigenvalue weighted by molar-refractivity contribution is -0.146. The molecule has 128 valence electrons. The van der Waals surface area contributed by atoms with E-state index in [4.69, 9.17) is 0 Å². The van der Waals surface area contributed by atoms with Crippen LogP contribution in [0.3, 0.4) is 0 Å². The Kier molecular flexibility index (Phi) is 4.12. The Hall–Kier alpha value is -2.65. The highest BCUT2D eigenvalue weighted by molar-refractivity contribution is 5.44. The molecule has 7 nitrogen and oxygen atoms in total. The highest BCUT2D eigenvalue weighted by Gasteiger charge is 2.37. The van der Waals surface area contributed by atoms with Gasteiger partial charge in [-0.2, -0.15) is 17.7 Å². The zero-order valence-corrected chi connectivity index (χ0v) is 13.1. The number of nitrogens with zero attached hydrogens (tertiary/aromatic N) is 6. The Morgan fingerprint density at radius 3 is 2.71 bits per heavy atom. The minimum absolute atomic E-state index is 0.0509. The first kappa shape index (κ1) is 16.2. The molecule has 0 aliphatic rings. The number of alkyl halides is 3. The van der Waals surface area contributed by atoms with Crippen LogP contribution in [0, 0.1) is 12.8 Å². The number of hydrogen-bond donors (Lipinski definition) is 1. The first-order chi connectivity index (χ1) is 11.3. The molecule has 10 heteroatoms. The number of rotatable bonds is 5. The molecule has 0 saturated carbocycles. The Bertz CT molecular complexity index is 836. The van der Waals surface area contributed by atoms with Crippen LogP contribution in [0.25, 0.3) is 5.65 Å². The summed E-state index contributed by atoms with van der Waals surface area (Å²) < 4.78 is 41.3. The van der Waals surface area contributed by atoms with Crippen molar-refractivity contribution in [2.75, 3.05) is 11.9 Å². The second-order valence-electron chi connectivity index (χ2n) is 5.62. The van der Waals surface area contributed by atoms with Crippen molar-refractivity contribution >= 4 is 11.5 Å². The van der Waals surface area contributed by atoms with Crippen molar-refractivity contribution < 1.29 is 13.2 Å². The summed E-state index contributed by atoms with van der Waals surface area (Å²) in [5.74, 6) is 0.351. The quantitative estimate of drug-likeness (QED) is 0.773. The summed E-state index contributed by atoms with van der Waals surface area (Å²) >= 11 is 0. The van der Waals surface area contributed by atoms with Crippen LogP contribution in [0.1, 0.15) is 18.6 Å². The van der Waals surface area contributed by atoms with Crippen LogP contribution in [-0.2, 0) is 12.7 Å². The summed E-state index contributed by atoms with van der Waals surface area (Å²) in [7, 11) is 0. The van der Waals surface area contributed by atoms with Crippen LogP contribution in [-0.4, -0.2) is 35.9 Å². The predicted molar refractivity (Wildman–Crippen MR) is 80.4 cm³/mol. The summed E-state index contributed by atoms with van der Waals surface area (Å²) in [6, 6.07) is 3.03. The smallest absolute Gasteiger partial charge is 0.368 e. The molecule has 0 unspecified atom stereocenters. The van der Waals surface area contributed by atoms with Gasteiger partial charge in [-0.3, -0.25) is 0 Å². The molecular weight excluding hydrogens is 323 g/mol. The Labute approximate surface area is 135 Å². The highest BCUT2D eigenvalue weighted by atomic mass is 19.4. The minimum Gasteiger partial charge on any atom is -0.368 e. The van der Waals surface area contributed by atoms with Gasteiger partial charge in [0.1, 0.15) is 11.6 Å². The summed E-state index contributed by atoms with van der Waals surface area (Å²) in [4.78, 5) is 4.16. The van der Waals surface area contributed by atoms with Crippen molar-refractivity contribution in [1.82, 2.24) is 29.4 Å². The van der Waals surface area contributed by atoms with Gasteiger partial charge < -0.3 is 9.88 Å². The van der Waals surface area contributed by atoms with Crippen molar-refractivity contribution in [2.24, 2.45) is 5.92 Å². The average molecular weight is 339 g/mol. The summed E-state index contributed by atoms with van der Waals surface area (Å²) in [5.41, 5.74) is 0.0509. The lowest BCUT2D eigenvalue weighted by Crippen LogP contribution is -2.19. The molecule has 0 bridgehead atoms. The largest absolute Gasteiger partial charge is 0.453 e. The van der Waals surface area contributed by atoms with E-state index >= 15 is 0 Å². The number of imidazole rings is 1. The Morgan fingerprint density at radius 1 is 1.25 bits per heavy atom. The van der Waals surface area contributed by atoms with Gasteiger partial charge in [-0.25, -0.2) is 4.98 Å². The fraction of sp³-hybridized carbons (Fsp3) is 0.429. The van der Waals surface area contributed by atoms with E-state index in [2.05, 4.69) is 25.6 Å². The van der Waals surface area contributed by atoms with Crippen LogP contribution in [0.15, 0.2) is 24.5 Å². The van der Waals surface area contributed by atoms with Crippen LogP contribution in [0.4, 0.5) is 19.0 Å². The average Bonchev–Trinajstić information content (AvgIpc) is 3.11. The zero-order valence-electron chi connectivity index (χ0n) is 13.1. The van der Waals surface area contributed by atoms with Crippen LogP contribution in [0.2, 0.25) is 0 Å². The third-order valence-electron chi connectivity index (χ3n) is 3.58. The second kappa shape index (κ2) is 6.10. The van der Waals surface area contributed by atoms with Gasteiger partial charge in [0.15, 0.2) is 5.65 Å². The zero-order chi connectivity index (χ0) is 17.3. The molecule has 3 rings (SSSR count). The number of anilines is 1. The van der Waals surface area contributed by atoms with E-state index in [1.165, 1.54) is 6.07 Å². The van der Waals surface area contributed by atoms with Crippen molar-refractivity contribution in [3.63, 3.8) is 0 Å².